The molecule has 7 nitrogen and oxygen atoms in total. The fourth-order valence-corrected chi connectivity index (χ4v) is 5.03. The molecule has 1 unspecified atom stereocenters. The topological polar surface area (TPSA) is 105 Å². The predicted octanol–water partition coefficient (Wildman–Crippen LogP) is 4.92. The predicted molar refractivity (Wildman–Crippen MR) is 137 cm³/mol. The van der Waals surface area contributed by atoms with Gasteiger partial charge in [-0.05, 0) is 75.5 Å². The Morgan fingerprint density at radius 1 is 1.00 bits per heavy atom. The van der Waals surface area contributed by atoms with Crippen LogP contribution in [-0.4, -0.2) is 35.7 Å². The summed E-state index contributed by atoms with van der Waals surface area (Å²) in [5.74, 6) is -1.98. The molecule has 3 aromatic rings. The standard InChI is InChI=1S/C26H23IN2O5/c1-15-10-16(27)12-17(11-15)28-25(32)23(13-24(30)31)29-26(33)34-14-22-20-8-4-2-6-18(20)19-7-3-5-9-21(19)22/h2-12,22-23H,13-14H2,1H3,(H,28,32)(H,29,33)(H,30,31). The van der Waals surface area contributed by atoms with Crippen molar-refractivity contribution >= 4 is 46.2 Å². The van der Waals surface area contributed by atoms with E-state index in [9.17, 15) is 19.5 Å². The highest BCUT2D eigenvalue weighted by Gasteiger charge is 2.30. The maximum atomic E-state index is 12.7. The van der Waals surface area contributed by atoms with E-state index >= 15 is 0 Å². The summed E-state index contributed by atoms with van der Waals surface area (Å²) >= 11 is 2.13. The van der Waals surface area contributed by atoms with E-state index in [4.69, 9.17) is 4.74 Å². The average Bonchev–Trinajstić information content (AvgIpc) is 3.10. The van der Waals surface area contributed by atoms with Crippen LogP contribution in [0.3, 0.4) is 0 Å². The van der Waals surface area contributed by atoms with Crippen LogP contribution in [0.2, 0.25) is 0 Å². The molecule has 2 amide bonds. The van der Waals surface area contributed by atoms with E-state index < -0.39 is 30.4 Å². The Bertz CT molecular complexity index is 1190. The van der Waals surface area contributed by atoms with Gasteiger partial charge in [-0.25, -0.2) is 4.79 Å². The lowest BCUT2D eigenvalue weighted by atomic mass is 9.98. The van der Waals surface area contributed by atoms with Gasteiger partial charge in [0.05, 0.1) is 6.42 Å². The number of ether oxygens (including phenoxy) is 1. The van der Waals surface area contributed by atoms with Gasteiger partial charge in [-0.15, -0.1) is 0 Å². The zero-order chi connectivity index (χ0) is 24.2. The monoisotopic (exact) mass is 570 g/mol. The molecule has 0 aliphatic heterocycles. The van der Waals surface area contributed by atoms with Crippen LogP contribution in [0, 0.1) is 10.5 Å². The fraction of sp³-hybridized carbons (Fsp3) is 0.192. The molecule has 0 saturated heterocycles. The van der Waals surface area contributed by atoms with Crippen LogP contribution in [0.25, 0.3) is 11.1 Å². The summed E-state index contributed by atoms with van der Waals surface area (Å²) in [4.78, 5) is 36.6. The van der Waals surface area contributed by atoms with Crippen molar-refractivity contribution in [1.29, 1.82) is 0 Å². The van der Waals surface area contributed by atoms with Gasteiger partial charge >= 0.3 is 12.1 Å². The summed E-state index contributed by atoms with van der Waals surface area (Å²) < 4.78 is 6.39. The van der Waals surface area contributed by atoms with Gasteiger partial charge in [0.1, 0.15) is 12.6 Å². The maximum Gasteiger partial charge on any atom is 0.407 e. The molecule has 0 bridgehead atoms. The summed E-state index contributed by atoms with van der Waals surface area (Å²) in [6, 6.07) is 20.1. The Labute approximate surface area is 210 Å². The number of anilines is 1. The second-order valence-corrected chi connectivity index (χ2v) is 9.37. The minimum Gasteiger partial charge on any atom is -0.481 e. The lowest BCUT2D eigenvalue weighted by Gasteiger charge is -2.19. The third-order valence-electron chi connectivity index (χ3n) is 5.64. The fourth-order valence-electron chi connectivity index (χ4n) is 4.20. The van der Waals surface area contributed by atoms with E-state index in [-0.39, 0.29) is 12.5 Å². The smallest absolute Gasteiger partial charge is 0.407 e. The zero-order valence-corrected chi connectivity index (χ0v) is 20.5. The van der Waals surface area contributed by atoms with Crippen molar-refractivity contribution in [3.05, 3.63) is 87.0 Å². The van der Waals surface area contributed by atoms with E-state index in [0.717, 1.165) is 31.4 Å². The quantitative estimate of drug-likeness (QED) is 0.350. The first-order valence-electron chi connectivity index (χ1n) is 10.7. The second kappa shape index (κ2) is 10.3. The number of hydrogen-bond acceptors (Lipinski definition) is 4. The van der Waals surface area contributed by atoms with E-state index in [0.29, 0.717) is 5.69 Å². The Hall–Kier alpha value is -3.40. The molecule has 3 aromatic carbocycles. The SMILES string of the molecule is Cc1cc(I)cc(NC(=O)C(CC(=O)O)NC(=O)OCC2c3ccccc3-c3ccccc32)c1. The normalized spacial score (nSPS) is 12.9. The van der Waals surface area contributed by atoms with Crippen molar-refractivity contribution in [3.63, 3.8) is 0 Å². The molecule has 4 rings (SSSR count). The van der Waals surface area contributed by atoms with Crippen LogP contribution >= 0.6 is 22.6 Å². The van der Waals surface area contributed by atoms with Crippen LogP contribution in [0.15, 0.2) is 66.7 Å². The van der Waals surface area contributed by atoms with Crippen molar-refractivity contribution in [3.8, 4) is 11.1 Å². The number of rotatable bonds is 7. The molecule has 0 heterocycles. The number of fused-ring (bicyclic) bond motifs is 3. The number of carbonyl (C=O) groups excluding carboxylic acids is 2. The van der Waals surface area contributed by atoms with Crippen molar-refractivity contribution in [2.75, 3.05) is 11.9 Å². The van der Waals surface area contributed by atoms with Crippen LogP contribution in [-0.2, 0) is 14.3 Å². The minimum absolute atomic E-state index is 0.0668. The average molecular weight is 570 g/mol. The number of hydrogen-bond donors (Lipinski definition) is 3. The van der Waals surface area contributed by atoms with Crippen LogP contribution in [0.5, 0.6) is 0 Å². The van der Waals surface area contributed by atoms with Gasteiger partial charge in [0.2, 0.25) is 5.91 Å². The minimum atomic E-state index is -1.29. The van der Waals surface area contributed by atoms with Crippen molar-refractivity contribution < 1.29 is 24.2 Å². The van der Waals surface area contributed by atoms with Crippen LogP contribution in [0.4, 0.5) is 10.5 Å². The summed E-state index contributed by atoms with van der Waals surface area (Å²) in [5.41, 5.74) is 5.79. The van der Waals surface area contributed by atoms with Gasteiger partial charge in [-0.1, -0.05) is 48.5 Å². The molecule has 0 radical (unpaired) electrons. The second-order valence-electron chi connectivity index (χ2n) is 8.13. The summed E-state index contributed by atoms with van der Waals surface area (Å²) in [7, 11) is 0. The molecular formula is C26H23IN2O5. The van der Waals surface area contributed by atoms with Gasteiger partial charge < -0.3 is 20.5 Å². The Morgan fingerprint density at radius 2 is 1.62 bits per heavy atom. The van der Waals surface area contributed by atoms with E-state index in [1.807, 2.05) is 61.5 Å². The molecule has 8 heteroatoms. The number of aryl methyl sites for hydroxylation is 1. The van der Waals surface area contributed by atoms with Crippen molar-refractivity contribution in [1.82, 2.24) is 5.32 Å². The molecule has 0 fully saturated rings. The van der Waals surface area contributed by atoms with Gasteiger partial charge in [0.25, 0.3) is 0 Å². The number of aliphatic carboxylic acids is 1. The number of alkyl carbamates (subject to hydrolysis) is 1. The summed E-state index contributed by atoms with van der Waals surface area (Å²) in [5, 5.41) is 14.3. The largest absolute Gasteiger partial charge is 0.481 e. The lowest BCUT2D eigenvalue weighted by molar-refractivity contribution is -0.139. The Balaban J connectivity index is 1.43. The molecule has 174 valence electrons. The summed E-state index contributed by atoms with van der Waals surface area (Å²) in [6.07, 6.45) is -1.42. The number of halogens is 1. The number of carboxylic acid groups (broad SMARTS) is 1. The van der Waals surface area contributed by atoms with Crippen molar-refractivity contribution in [2.45, 2.75) is 25.3 Å². The van der Waals surface area contributed by atoms with E-state index in [2.05, 4.69) is 33.2 Å². The van der Waals surface area contributed by atoms with Crippen LogP contribution < -0.4 is 10.6 Å². The van der Waals surface area contributed by atoms with Gasteiger partial charge in [-0.3, -0.25) is 9.59 Å². The first-order chi connectivity index (χ1) is 16.3. The molecule has 1 aliphatic rings. The lowest BCUT2D eigenvalue weighted by Crippen LogP contribution is -2.45. The van der Waals surface area contributed by atoms with Crippen LogP contribution in [0.1, 0.15) is 29.0 Å². The first-order valence-corrected chi connectivity index (χ1v) is 11.8. The number of carbonyl (C=O) groups is 3. The highest BCUT2D eigenvalue weighted by Crippen LogP contribution is 2.44. The molecule has 0 saturated carbocycles. The highest BCUT2D eigenvalue weighted by molar-refractivity contribution is 14.1. The highest BCUT2D eigenvalue weighted by atomic mass is 127. The number of benzene rings is 3. The molecule has 1 aliphatic carbocycles. The molecule has 1 atom stereocenters. The molecule has 3 N–H and O–H groups in total. The van der Waals surface area contributed by atoms with E-state index in [1.165, 1.54) is 0 Å². The number of carboxylic acids is 1. The molecule has 34 heavy (non-hydrogen) atoms. The zero-order valence-electron chi connectivity index (χ0n) is 18.4. The molecule has 0 aromatic heterocycles. The molecular weight excluding hydrogens is 547 g/mol. The first kappa shape index (κ1) is 23.7. The Kier molecular flexibility index (Phi) is 7.16. The third-order valence-corrected chi connectivity index (χ3v) is 6.26. The third kappa shape index (κ3) is 5.39. The Morgan fingerprint density at radius 3 is 2.21 bits per heavy atom. The van der Waals surface area contributed by atoms with Gasteiger partial charge in [0.15, 0.2) is 0 Å². The van der Waals surface area contributed by atoms with Gasteiger partial charge in [-0.2, -0.15) is 0 Å². The van der Waals surface area contributed by atoms with E-state index in [1.54, 1.807) is 12.1 Å². The number of amides is 2. The maximum absolute atomic E-state index is 12.7. The molecule has 0 spiro atoms. The van der Waals surface area contributed by atoms with Gasteiger partial charge in [0, 0.05) is 15.2 Å². The summed E-state index contributed by atoms with van der Waals surface area (Å²) in [6.45, 7) is 1.96. The number of nitrogens with one attached hydrogen (secondary N) is 2. The van der Waals surface area contributed by atoms with Crippen molar-refractivity contribution in [2.24, 2.45) is 0 Å².